The molecule has 2 fully saturated rings. The van der Waals surface area contributed by atoms with Crippen LogP contribution >= 0.6 is 11.3 Å². The second-order valence-corrected chi connectivity index (χ2v) is 15.7. The molecular formula is C42H42N12O2S. The first-order valence-electron chi connectivity index (χ1n) is 19.3. The third-order valence-electron chi connectivity index (χ3n) is 10.7. The lowest BCUT2D eigenvalue weighted by atomic mass is 10.1. The smallest absolute Gasteiger partial charge is 0.258 e. The van der Waals surface area contributed by atoms with E-state index in [0.29, 0.717) is 29.6 Å². The first kappa shape index (κ1) is 36.2. The Morgan fingerprint density at radius 2 is 1.26 bits per heavy atom. The molecule has 0 amide bonds. The molecule has 4 N–H and O–H groups in total. The predicted molar refractivity (Wildman–Crippen MR) is 224 cm³/mol. The van der Waals surface area contributed by atoms with Crippen molar-refractivity contribution in [1.29, 1.82) is 0 Å². The molecule has 7 aromatic rings. The number of thiophene rings is 1. The standard InChI is InChI=1S/C42H42N12O2S/c1-26-25-57-35-24-47-42(52-39(26)35)51-32-10-8-30(19-32)49-37-14-12-34(23-44-37)54-16-4-5-28(40(54)56)17-27-20-45-41(46-21-27)50-31-9-7-29(18-31)48-36-13-11-33(22-43-36)53-15-3-2-6-38(53)55/h2-6,11-16,20-25,29-32H,7-10,17-19H2,1H3,(H,43,48)(H,44,49)(H,45,46,50)(H,47,51,52)/t29-,30-,31-,32-/m0/s1. The minimum absolute atomic E-state index is 0.0930. The van der Waals surface area contributed by atoms with Gasteiger partial charge in [0.25, 0.3) is 11.1 Å². The van der Waals surface area contributed by atoms with E-state index in [0.717, 1.165) is 71.6 Å². The Morgan fingerprint density at radius 3 is 1.91 bits per heavy atom. The van der Waals surface area contributed by atoms with Crippen LogP contribution in [-0.4, -0.2) is 63.2 Å². The summed E-state index contributed by atoms with van der Waals surface area (Å²) in [7, 11) is 0. The highest BCUT2D eigenvalue weighted by Gasteiger charge is 2.27. The monoisotopic (exact) mass is 778 g/mol. The molecule has 2 aliphatic rings. The summed E-state index contributed by atoms with van der Waals surface area (Å²) in [6, 6.07) is 17.5. The van der Waals surface area contributed by atoms with Crippen LogP contribution in [0, 0.1) is 6.92 Å². The van der Waals surface area contributed by atoms with Gasteiger partial charge in [0.15, 0.2) is 0 Å². The Balaban J connectivity index is 0.756. The van der Waals surface area contributed by atoms with Gasteiger partial charge in [0.2, 0.25) is 11.9 Å². The van der Waals surface area contributed by atoms with Gasteiger partial charge in [0.1, 0.15) is 11.6 Å². The second-order valence-electron chi connectivity index (χ2n) is 14.8. The lowest BCUT2D eigenvalue weighted by Crippen LogP contribution is -2.23. The molecule has 7 aromatic heterocycles. The van der Waals surface area contributed by atoms with Gasteiger partial charge >= 0.3 is 0 Å². The first-order valence-corrected chi connectivity index (χ1v) is 20.2. The molecular weight excluding hydrogens is 737 g/mol. The molecule has 0 saturated heterocycles. The van der Waals surface area contributed by atoms with Gasteiger partial charge in [-0.05, 0) is 98.4 Å². The molecule has 2 saturated carbocycles. The molecule has 14 nitrogen and oxygen atoms in total. The van der Waals surface area contributed by atoms with E-state index in [4.69, 9.17) is 4.98 Å². The fourth-order valence-corrected chi connectivity index (χ4v) is 8.62. The maximum absolute atomic E-state index is 13.6. The van der Waals surface area contributed by atoms with E-state index in [1.807, 2.05) is 48.7 Å². The van der Waals surface area contributed by atoms with Crippen LogP contribution in [-0.2, 0) is 6.42 Å². The topological polar surface area (TPSA) is 169 Å². The predicted octanol–water partition coefficient (Wildman–Crippen LogP) is 6.36. The molecule has 288 valence electrons. The summed E-state index contributed by atoms with van der Waals surface area (Å²) in [5, 5.41) is 16.2. The number of fused-ring (bicyclic) bond motifs is 1. The minimum Gasteiger partial charge on any atom is -0.367 e. The molecule has 7 heterocycles. The average Bonchev–Trinajstić information content (AvgIpc) is 3.97. The van der Waals surface area contributed by atoms with Crippen molar-refractivity contribution in [1.82, 2.24) is 39.0 Å². The van der Waals surface area contributed by atoms with Crippen LogP contribution in [0.3, 0.4) is 0 Å². The van der Waals surface area contributed by atoms with Crippen LogP contribution in [0.5, 0.6) is 0 Å². The summed E-state index contributed by atoms with van der Waals surface area (Å²) in [6.45, 7) is 2.08. The molecule has 9 rings (SSSR count). The maximum atomic E-state index is 13.6. The van der Waals surface area contributed by atoms with Crippen molar-refractivity contribution in [3.05, 3.63) is 141 Å². The zero-order chi connectivity index (χ0) is 38.7. The van der Waals surface area contributed by atoms with Gasteiger partial charge in [-0.25, -0.2) is 29.9 Å². The first-order chi connectivity index (χ1) is 27.9. The highest BCUT2D eigenvalue weighted by molar-refractivity contribution is 7.17. The largest absolute Gasteiger partial charge is 0.367 e. The molecule has 2 aliphatic carbocycles. The highest BCUT2D eigenvalue weighted by Crippen LogP contribution is 2.28. The van der Waals surface area contributed by atoms with E-state index in [1.165, 1.54) is 11.6 Å². The summed E-state index contributed by atoms with van der Waals surface area (Å²) in [6.07, 6.45) is 18.6. The lowest BCUT2D eigenvalue weighted by molar-refractivity contribution is 0.716. The third-order valence-corrected chi connectivity index (χ3v) is 11.8. The van der Waals surface area contributed by atoms with Crippen molar-refractivity contribution in [2.75, 3.05) is 21.3 Å². The number of nitrogens with one attached hydrogen (secondary N) is 4. The van der Waals surface area contributed by atoms with Crippen LogP contribution in [0.4, 0.5) is 23.5 Å². The van der Waals surface area contributed by atoms with E-state index < -0.39 is 0 Å². The molecule has 57 heavy (non-hydrogen) atoms. The summed E-state index contributed by atoms with van der Waals surface area (Å²) in [4.78, 5) is 53.3. The SMILES string of the molecule is Cc1csc2cnc(N[C@H]3CC[C@H](Nc4ccc(-n5cccc(Cc6cnc(N[C@H]7CC[C@H](Nc8ccc(-n9ccccc9=O)cn8)C7)nc6)c5=O)cn4)C3)nc12. The summed E-state index contributed by atoms with van der Waals surface area (Å²) in [5.74, 6) is 2.80. The maximum Gasteiger partial charge on any atom is 0.258 e. The molecule has 15 heteroatoms. The van der Waals surface area contributed by atoms with Crippen molar-refractivity contribution in [3.63, 3.8) is 0 Å². The van der Waals surface area contributed by atoms with Gasteiger partial charge in [-0.1, -0.05) is 12.1 Å². The number of aryl methyl sites for hydroxylation is 1. The van der Waals surface area contributed by atoms with E-state index in [2.05, 4.69) is 58.5 Å². The average molecular weight is 779 g/mol. The summed E-state index contributed by atoms with van der Waals surface area (Å²) < 4.78 is 4.30. The number of pyridine rings is 4. The molecule has 0 unspecified atom stereocenters. The highest BCUT2D eigenvalue weighted by atomic mass is 32.1. The molecule has 0 spiro atoms. The van der Waals surface area contributed by atoms with Gasteiger partial charge in [-0.15, -0.1) is 11.3 Å². The Bertz CT molecular complexity index is 2610. The number of hydrogen-bond donors (Lipinski definition) is 4. The van der Waals surface area contributed by atoms with Gasteiger partial charge in [-0.2, -0.15) is 0 Å². The quantitative estimate of drug-likeness (QED) is 0.108. The number of anilines is 4. The van der Waals surface area contributed by atoms with E-state index in [9.17, 15) is 9.59 Å². The Morgan fingerprint density at radius 1 is 0.649 bits per heavy atom. The van der Waals surface area contributed by atoms with E-state index in [1.54, 1.807) is 63.7 Å². The van der Waals surface area contributed by atoms with Crippen LogP contribution in [0.2, 0.25) is 0 Å². The van der Waals surface area contributed by atoms with Gasteiger partial charge in [-0.3, -0.25) is 18.7 Å². The lowest BCUT2D eigenvalue weighted by Gasteiger charge is -2.16. The molecule has 0 radical (unpaired) electrons. The fourth-order valence-electron chi connectivity index (χ4n) is 7.77. The summed E-state index contributed by atoms with van der Waals surface area (Å²) >= 11 is 1.67. The molecule has 0 aliphatic heterocycles. The normalized spacial score (nSPS) is 19.1. The molecule has 0 aromatic carbocycles. The summed E-state index contributed by atoms with van der Waals surface area (Å²) in [5.41, 5.74) is 4.92. The fraction of sp³-hybridized carbons (Fsp3) is 0.286. The second kappa shape index (κ2) is 15.9. The minimum atomic E-state index is -0.104. The number of rotatable bonds is 12. The Kier molecular flexibility index (Phi) is 10.1. The van der Waals surface area contributed by atoms with Crippen LogP contribution in [0.15, 0.2) is 113 Å². The van der Waals surface area contributed by atoms with Gasteiger partial charge in [0, 0.05) is 67.0 Å². The molecule has 4 atom stereocenters. The Labute approximate surface area is 332 Å². The molecule has 0 bridgehead atoms. The van der Waals surface area contributed by atoms with Gasteiger partial charge in [0.05, 0.1) is 40.2 Å². The van der Waals surface area contributed by atoms with Crippen molar-refractivity contribution in [2.24, 2.45) is 0 Å². The number of hydrogen-bond acceptors (Lipinski definition) is 13. The van der Waals surface area contributed by atoms with Crippen LogP contribution in [0.1, 0.15) is 55.2 Å². The van der Waals surface area contributed by atoms with Crippen LogP contribution < -0.4 is 32.4 Å². The van der Waals surface area contributed by atoms with E-state index in [-0.39, 0.29) is 35.3 Å². The zero-order valence-corrected chi connectivity index (χ0v) is 32.2. The van der Waals surface area contributed by atoms with Crippen molar-refractivity contribution in [2.45, 2.75) is 76.0 Å². The van der Waals surface area contributed by atoms with Crippen LogP contribution in [0.25, 0.3) is 21.6 Å². The van der Waals surface area contributed by atoms with E-state index >= 15 is 0 Å². The van der Waals surface area contributed by atoms with Crippen molar-refractivity contribution in [3.8, 4) is 11.4 Å². The third kappa shape index (κ3) is 8.24. The number of aromatic nitrogens is 8. The van der Waals surface area contributed by atoms with Crippen molar-refractivity contribution >= 4 is 45.1 Å². The number of nitrogens with zero attached hydrogens (tertiary/aromatic N) is 8. The zero-order valence-electron chi connectivity index (χ0n) is 31.4. The Hall–Kier alpha value is -6.48. The van der Waals surface area contributed by atoms with Gasteiger partial charge < -0.3 is 21.3 Å². The van der Waals surface area contributed by atoms with Crippen molar-refractivity contribution < 1.29 is 0 Å².